The van der Waals surface area contributed by atoms with E-state index >= 15 is 0 Å². The molecular formula is C19H27N3O3S. The molecule has 0 aliphatic carbocycles. The average molecular weight is 378 g/mol. The van der Waals surface area contributed by atoms with Gasteiger partial charge in [-0.1, -0.05) is 37.3 Å². The first kappa shape index (κ1) is 19.1. The van der Waals surface area contributed by atoms with E-state index in [0.29, 0.717) is 19.1 Å². The van der Waals surface area contributed by atoms with Crippen LogP contribution in [-0.2, 0) is 34.1 Å². The number of nitrogens with zero attached hydrogens (tertiary/aromatic N) is 3. The molecule has 0 saturated carbocycles. The Kier molecular flexibility index (Phi) is 6.11. The number of imidazole rings is 1. The number of benzene rings is 1. The van der Waals surface area contributed by atoms with Crippen LogP contribution in [0, 0.1) is 0 Å². The van der Waals surface area contributed by atoms with E-state index in [2.05, 4.69) is 29.1 Å². The van der Waals surface area contributed by atoms with Gasteiger partial charge in [-0.2, -0.15) is 0 Å². The first-order chi connectivity index (χ1) is 12.5. The maximum absolute atomic E-state index is 12.5. The van der Waals surface area contributed by atoms with Gasteiger partial charge >= 0.3 is 0 Å². The Morgan fingerprint density at radius 1 is 1.31 bits per heavy atom. The van der Waals surface area contributed by atoms with Crippen LogP contribution in [0.15, 0.2) is 41.7 Å². The molecule has 2 heterocycles. The van der Waals surface area contributed by atoms with Crippen molar-refractivity contribution in [3.05, 3.63) is 47.8 Å². The molecule has 142 valence electrons. The fraction of sp³-hybridized carbons (Fsp3) is 0.526. The molecule has 7 heteroatoms. The van der Waals surface area contributed by atoms with Gasteiger partial charge in [0.05, 0.1) is 24.3 Å². The Bertz CT molecular complexity index is 812. The van der Waals surface area contributed by atoms with Crippen molar-refractivity contribution in [2.75, 3.05) is 26.0 Å². The molecule has 0 unspecified atom stereocenters. The lowest BCUT2D eigenvalue weighted by Gasteiger charge is -2.23. The lowest BCUT2D eigenvalue weighted by molar-refractivity contribution is 0.155. The molecule has 26 heavy (non-hydrogen) atoms. The molecule has 6 nitrogen and oxygen atoms in total. The molecule has 0 bridgehead atoms. The lowest BCUT2D eigenvalue weighted by Crippen LogP contribution is -2.32. The number of likely N-dealkylation sites (N-methyl/N-ethyl adjacent to an activating group) is 1. The Morgan fingerprint density at radius 2 is 2.08 bits per heavy atom. The fourth-order valence-electron chi connectivity index (χ4n) is 3.27. The highest BCUT2D eigenvalue weighted by molar-refractivity contribution is 7.91. The van der Waals surface area contributed by atoms with Gasteiger partial charge in [-0.15, -0.1) is 0 Å². The van der Waals surface area contributed by atoms with Crippen LogP contribution in [0.5, 0.6) is 0 Å². The monoisotopic (exact) mass is 377 g/mol. The number of aromatic nitrogens is 2. The number of hydrogen-bond donors (Lipinski definition) is 0. The molecule has 0 spiro atoms. The van der Waals surface area contributed by atoms with Crippen LogP contribution in [-0.4, -0.2) is 54.9 Å². The summed E-state index contributed by atoms with van der Waals surface area (Å²) in [5, 5.41) is 0.182. The van der Waals surface area contributed by atoms with Crippen molar-refractivity contribution >= 4 is 9.84 Å². The van der Waals surface area contributed by atoms with E-state index in [1.165, 1.54) is 5.56 Å². The summed E-state index contributed by atoms with van der Waals surface area (Å²) in [4.78, 5) is 6.50. The molecule has 1 aliphatic heterocycles. The van der Waals surface area contributed by atoms with Crippen molar-refractivity contribution in [3.63, 3.8) is 0 Å². The van der Waals surface area contributed by atoms with E-state index < -0.39 is 9.84 Å². The first-order valence-corrected chi connectivity index (χ1v) is 10.8. The van der Waals surface area contributed by atoms with Gasteiger partial charge in [0, 0.05) is 25.7 Å². The van der Waals surface area contributed by atoms with Crippen LogP contribution in [0.25, 0.3) is 0 Å². The van der Waals surface area contributed by atoms with Gasteiger partial charge in [-0.3, -0.25) is 4.90 Å². The number of ether oxygens (including phenoxy) is 1. The van der Waals surface area contributed by atoms with Crippen molar-refractivity contribution in [2.24, 2.45) is 0 Å². The predicted molar refractivity (Wildman–Crippen MR) is 101 cm³/mol. The van der Waals surface area contributed by atoms with Crippen LogP contribution in [0.4, 0.5) is 0 Å². The zero-order chi connectivity index (χ0) is 18.6. The van der Waals surface area contributed by atoms with Crippen molar-refractivity contribution in [1.29, 1.82) is 0 Å². The molecule has 1 aromatic carbocycles. The zero-order valence-electron chi connectivity index (χ0n) is 15.5. The summed E-state index contributed by atoms with van der Waals surface area (Å²) in [5.41, 5.74) is 2.12. The quantitative estimate of drug-likeness (QED) is 0.705. The number of aryl methyl sites for hydroxylation is 1. The normalized spacial score (nSPS) is 17.9. The summed E-state index contributed by atoms with van der Waals surface area (Å²) < 4.78 is 32.3. The van der Waals surface area contributed by atoms with Gasteiger partial charge in [0.2, 0.25) is 15.0 Å². The highest BCUT2D eigenvalue weighted by atomic mass is 32.2. The van der Waals surface area contributed by atoms with Gasteiger partial charge in [0.15, 0.2) is 0 Å². The maximum atomic E-state index is 12.5. The van der Waals surface area contributed by atoms with Crippen LogP contribution < -0.4 is 0 Å². The third-order valence-electron chi connectivity index (χ3n) is 4.97. The van der Waals surface area contributed by atoms with Crippen molar-refractivity contribution in [3.8, 4) is 0 Å². The SMILES string of the molecule is CCS(=O)(=O)c1ncc(CN(C)[C@@H]2CCOC2)n1CCc1ccccc1. The number of sulfone groups is 1. The Hall–Kier alpha value is -1.70. The van der Waals surface area contributed by atoms with E-state index in [9.17, 15) is 8.42 Å². The molecule has 0 amide bonds. The summed E-state index contributed by atoms with van der Waals surface area (Å²) in [6.45, 7) is 4.44. The summed E-state index contributed by atoms with van der Waals surface area (Å²) in [6, 6.07) is 10.5. The third-order valence-corrected chi connectivity index (χ3v) is 6.61. The Labute approximate surface area is 155 Å². The number of hydrogen-bond acceptors (Lipinski definition) is 5. The molecular weight excluding hydrogens is 350 g/mol. The standard InChI is InChI=1S/C19H27N3O3S/c1-3-26(23,24)19-20-13-18(14-21(2)17-10-12-25-15-17)22(19)11-9-16-7-5-4-6-8-16/h4-8,13,17H,3,9-12,14-15H2,1-2H3/t17-/m1/s1. The van der Waals surface area contributed by atoms with E-state index in [-0.39, 0.29) is 10.9 Å². The molecule has 1 saturated heterocycles. The third kappa shape index (κ3) is 4.34. The molecule has 3 rings (SSSR count). The first-order valence-electron chi connectivity index (χ1n) is 9.10. The van der Waals surface area contributed by atoms with Crippen LogP contribution in [0.2, 0.25) is 0 Å². The minimum Gasteiger partial charge on any atom is -0.380 e. The molecule has 2 aromatic rings. The van der Waals surface area contributed by atoms with Gasteiger partial charge < -0.3 is 9.30 Å². The van der Waals surface area contributed by atoms with Crippen molar-refractivity contribution < 1.29 is 13.2 Å². The van der Waals surface area contributed by atoms with Crippen LogP contribution in [0.3, 0.4) is 0 Å². The summed E-state index contributed by atoms with van der Waals surface area (Å²) in [7, 11) is -1.30. The minimum atomic E-state index is -3.36. The van der Waals surface area contributed by atoms with E-state index in [1.54, 1.807) is 13.1 Å². The second-order valence-electron chi connectivity index (χ2n) is 6.76. The smallest absolute Gasteiger partial charge is 0.227 e. The molecule has 0 N–H and O–H groups in total. The average Bonchev–Trinajstić information content (AvgIpc) is 3.31. The van der Waals surface area contributed by atoms with E-state index in [0.717, 1.165) is 31.7 Å². The van der Waals surface area contributed by atoms with Crippen LogP contribution >= 0.6 is 0 Å². The van der Waals surface area contributed by atoms with Gasteiger partial charge in [-0.05, 0) is 25.5 Å². The van der Waals surface area contributed by atoms with Crippen molar-refractivity contribution in [1.82, 2.24) is 14.5 Å². The summed E-state index contributed by atoms with van der Waals surface area (Å²) >= 11 is 0. The maximum Gasteiger partial charge on any atom is 0.227 e. The second-order valence-corrected chi connectivity index (χ2v) is 8.93. The van der Waals surface area contributed by atoms with E-state index in [1.807, 2.05) is 22.8 Å². The minimum absolute atomic E-state index is 0.0566. The highest BCUT2D eigenvalue weighted by Gasteiger charge is 2.25. The predicted octanol–water partition coefficient (Wildman–Crippen LogP) is 2.14. The summed E-state index contributed by atoms with van der Waals surface area (Å²) in [5.74, 6) is 0.0566. The molecule has 1 fully saturated rings. The molecule has 1 aliphatic rings. The largest absolute Gasteiger partial charge is 0.380 e. The topological polar surface area (TPSA) is 64.4 Å². The second kappa shape index (κ2) is 8.33. The van der Waals surface area contributed by atoms with Gasteiger partial charge in [0.25, 0.3) is 0 Å². The molecule has 1 aromatic heterocycles. The lowest BCUT2D eigenvalue weighted by atomic mass is 10.1. The zero-order valence-corrected chi connectivity index (χ0v) is 16.3. The number of rotatable bonds is 8. The van der Waals surface area contributed by atoms with Gasteiger partial charge in [-0.25, -0.2) is 13.4 Å². The highest BCUT2D eigenvalue weighted by Crippen LogP contribution is 2.19. The van der Waals surface area contributed by atoms with E-state index in [4.69, 9.17) is 4.74 Å². The van der Waals surface area contributed by atoms with Crippen LogP contribution in [0.1, 0.15) is 24.6 Å². The Balaban J connectivity index is 1.83. The van der Waals surface area contributed by atoms with Gasteiger partial charge in [0.1, 0.15) is 0 Å². The van der Waals surface area contributed by atoms with Crippen molar-refractivity contribution in [2.45, 2.75) is 44.1 Å². The molecule has 0 radical (unpaired) electrons. The fourth-order valence-corrected chi connectivity index (χ4v) is 4.29. The summed E-state index contributed by atoms with van der Waals surface area (Å²) in [6.07, 6.45) is 3.49. The molecule has 1 atom stereocenters. The Morgan fingerprint density at radius 3 is 2.73 bits per heavy atom.